The first kappa shape index (κ1) is 17.5. The maximum absolute atomic E-state index is 12.9. The van der Waals surface area contributed by atoms with Gasteiger partial charge in [0.05, 0.1) is 23.4 Å². The van der Waals surface area contributed by atoms with Crippen molar-refractivity contribution in [3.63, 3.8) is 0 Å². The summed E-state index contributed by atoms with van der Waals surface area (Å²) in [4.78, 5) is 35.3. The van der Waals surface area contributed by atoms with Crippen LogP contribution in [0.15, 0.2) is 39.5 Å². The molecule has 0 fully saturated rings. The summed E-state index contributed by atoms with van der Waals surface area (Å²) in [6.45, 7) is 2.97. The van der Waals surface area contributed by atoms with Crippen LogP contribution in [0.5, 0.6) is 5.75 Å². The number of ether oxygens (including phenoxy) is 2. The second-order valence-corrected chi connectivity index (χ2v) is 5.80. The van der Waals surface area contributed by atoms with E-state index in [0.717, 1.165) is 0 Å². The molecule has 1 aromatic heterocycles. The van der Waals surface area contributed by atoms with Crippen LogP contribution in [0.2, 0.25) is 0 Å². The summed E-state index contributed by atoms with van der Waals surface area (Å²) in [5.41, 5.74) is 0.657. The predicted molar refractivity (Wildman–Crippen MR) is 93.7 cm³/mol. The molecule has 0 bridgehead atoms. The number of fused-ring (bicyclic) bond motifs is 2. The molecule has 0 aliphatic carbocycles. The van der Waals surface area contributed by atoms with E-state index in [9.17, 15) is 14.4 Å². The highest BCUT2D eigenvalue weighted by Gasteiger charge is 2.18. The first-order chi connectivity index (χ1) is 12.3. The van der Waals surface area contributed by atoms with Gasteiger partial charge in [-0.3, -0.25) is 9.59 Å². The fourth-order valence-corrected chi connectivity index (χ4v) is 2.79. The normalized spacial score (nSPS) is 12.1. The summed E-state index contributed by atoms with van der Waals surface area (Å²) in [7, 11) is 1.44. The molecule has 1 heterocycles. The second-order valence-electron chi connectivity index (χ2n) is 5.80. The molecule has 1 N–H and O–H groups in total. The summed E-state index contributed by atoms with van der Waals surface area (Å²) in [6, 6.07) is 7.27. The fraction of sp³-hybridized carbons (Fsp3) is 0.211. The highest BCUT2D eigenvalue weighted by atomic mass is 16.5. The first-order valence-electron chi connectivity index (χ1n) is 7.81. The van der Waals surface area contributed by atoms with Crippen molar-refractivity contribution in [2.75, 3.05) is 7.11 Å². The Kier molecular flexibility index (Phi) is 4.38. The molecule has 0 saturated heterocycles. The predicted octanol–water partition coefficient (Wildman–Crippen LogP) is 3.28. The van der Waals surface area contributed by atoms with Crippen LogP contribution in [0.3, 0.4) is 0 Å². The maximum atomic E-state index is 12.9. The minimum atomic E-state index is -1.14. The van der Waals surface area contributed by atoms with E-state index in [-0.39, 0.29) is 32.9 Å². The Labute approximate surface area is 147 Å². The molecule has 3 rings (SSSR count). The third-order valence-electron chi connectivity index (χ3n) is 4.04. The molecule has 0 aliphatic heterocycles. The SMILES string of the molecule is COc1cc(C(C)OC(C)=O)cc2c(=O)c3cc(C(=O)O)ccc3oc12. The summed E-state index contributed by atoms with van der Waals surface area (Å²) in [6.07, 6.45) is -0.591. The zero-order valence-corrected chi connectivity index (χ0v) is 14.4. The first-order valence-corrected chi connectivity index (χ1v) is 7.81. The van der Waals surface area contributed by atoms with Crippen molar-refractivity contribution in [1.29, 1.82) is 0 Å². The molecule has 2 aromatic carbocycles. The van der Waals surface area contributed by atoms with Crippen molar-refractivity contribution in [3.8, 4) is 5.75 Å². The number of hydrogen-bond acceptors (Lipinski definition) is 6. The van der Waals surface area contributed by atoms with Gasteiger partial charge in [-0.05, 0) is 42.8 Å². The van der Waals surface area contributed by atoms with Crippen LogP contribution in [-0.2, 0) is 9.53 Å². The number of carbonyl (C=O) groups excluding carboxylic acids is 1. The molecule has 0 spiro atoms. The number of carboxylic acids is 1. The van der Waals surface area contributed by atoms with Gasteiger partial charge < -0.3 is 19.0 Å². The molecule has 26 heavy (non-hydrogen) atoms. The lowest BCUT2D eigenvalue weighted by molar-refractivity contribution is -0.145. The molecule has 0 amide bonds. The zero-order valence-electron chi connectivity index (χ0n) is 14.4. The fourth-order valence-electron chi connectivity index (χ4n) is 2.79. The highest BCUT2D eigenvalue weighted by Crippen LogP contribution is 2.32. The zero-order chi connectivity index (χ0) is 19.0. The van der Waals surface area contributed by atoms with Gasteiger partial charge >= 0.3 is 11.9 Å². The van der Waals surface area contributed by atoms with Gasteiger partial charge in [-0.25, -0.2) is 4.79 Å². The third kappa shape index (κ3) is 2.99. The van der Waals surface area contributed by atoms with E-state index in [1.807, 2.05) is 0 Å². The standard InChI is InChI=1S/C19H16O7/c1-9(25-10(2)20)12-7-14-17(21)13-6-11(19(22)23)4-5-15(13)26-18(14)16(8-12)24-3/h4-9H,1-3H3,(H,22,23). The van der Waals surface area contributed by atoms with Crippen LogP contribution < -0.4 is 10.2 Å². The summed E-state index contributed by atoms with van der Waals surface area (Å²) < 4.78 is 16.3. The van der Waals surface area contributed by atoms with E-state index < -0.39 is 18.0 Å². The molecule has 7 heteroatoms. The van der Waals surface area contributed by atoms with Gasteiger partial charge in [0.2, 0.25) is 5.43 Å². The van der Waals surface area contributed by atoms with Crippen LogP contribution in [0.25, 0.3) is 21.9 Å². The van der Waals surface area contributed by atoms with E-state index in [2.05, 4.69) is 0 Å². The van der Waals surface area contributed by atoms with Gasteiger partial charge in [0.15, 0.2) is 11.3 Å². The number of esters is 1. The summed E-state index contributed by atoms with van der Waals surface area (Å²) in [5, 5.41) is 9.50. The molecule has 3 aromatic rings. The van der Waals surface area contributed by atoms with Crippen LogP contribution in [0.1, 0.15) is 35.9 Å². The van der Waals surface area contributed by atoms with E-state index >= 15 is 0 Å². The van der Waals surface area contributed by atoms with Gasteiger partial charge in [0.1, 0.15) is 11.7 Å². The topological polar surface area (TPSA) is 103 Å². The van der Waals surface area contributed by atoms with Gasteiger partial charge in [-0.2, -0.15) is 0 Å². The molecule has 0 radical (unpaired) electrons. The van der Waals surface area contributed by atoms with E-state index in [1.165, 1.54) is 32.2 Å². The van der Waals surface area contributed by atoms with Crippen molar-refractivity contribution >= 4 is 33.9 Å². The Balaban J connectivity index is 2.33. The Hall–Kier alpha value is -3.35. The summed E-state index contributed by atoms with van der Waals surface area (Å²) in [5.74, 6) is -1.27. The number of benzene rings is 2. The second kappa shape index (κ2) is 6.51. The molecular weight excluding hydrogens is 340 g/mol. The number of carbonyl (C=O) groups is 2. The molecule has 1 unspecified atom stereocenters. The third-order valence-corrected chi connectivity index (χ3v) is 4.04. The Morgan fingerprint density at radius 2 is 1.88 bits per heavy atom. The largest absolute Gasteiger partial charge is 0.493 e. The van der Waals surface area contributed by atoms with Crippen LogP contribution in [0, 0.1) is 0 Å². The number of carboxylic acid groups (broad SMARTS) is 1. The van der Waals surface area contributed by atoms with Gasteiger partial charge in [0, 0.05) is 6.92 Å². The number of methoxy groups -OCH3 is 1. The lowest BCUT2D eigenvalue weighted by Crippen LogP contribution is -2.08. The number of hydrogen-bond donors (Lipinski definition) is 1. The Bertz CT molecular complexity index is 1090. The highest BCUT2D eigenvalue weighted by molar-refractivity contribution is 5.97. The monoisotopic (exact) mass is 356 g/mol. The van der Waals surface area contributed by atoms with Crippen molar-refractivity contribution in [3.05, 3.63) is 51.7 Å². The average Bonchev–Trinajstić information content (AvgIpc) is 2.60. The van der Waals surface area contributed by atoms with Gasteiger partial charge in [0.25, 0.3) is 0 Å². The van der Waals surface area contributed by atoms with Crippen LogP contribution in [-0.4, -0.2) is 24.2 Å². The molecule has 1 atom stereocenters. The quantitative estimate of drug-likeness (QED) is 0.565. The number of rotatable bonds is 4. The van der Waals surface area contributed by atoms with E-state index in [1.54, 1.807) is 19.1 Å². The van der Waals surface area contributed by atoms with Crippen LogP contribution in [0.4, 0.5) is 0 Å². The lowest BCUT2D eigenvalue weighted by atomic mass is 10.0. The number of aromatic carboxylic acids is 1. The van der Waals surface area contributed by atoms with Gasteiger partial charge in [-0.15, -0.1) is 0 Å². The van der Waals surface area contributed by atoms with Crippen molar-refractivity contribution in [1.82, 2.24) is 0 Å². The lowest BCUT2D eigenvalue weighted by Gasteiger charge is -2.15. The molecular formula is C19H16O7. The molecule has 134 valence electrons. The molecule has 7 nitrogen and oxygen atoms in total. The Morgan fingerprint density at radius 3 is 2.50 bits per heavy atom. The molecule has 0 saturated carbocycles. The summed E-state index contributed by atoms with van der Waals surface area (Å²) >= 11 is 0. The van der Waals surface area contributed by atoms with E-state index in [4.69, 9.17) is 19.0 Å². The smallest absolute Gasteiger partial charge is 0.335 e. The van der Waals surface area contributed by atoms with Gasteiger partial charge in [-0.1, -0.05) is 0 Å². The van der Waals surface area contributed by atoms with Crippen molar-refractivity contribution in [2.45, 2.75) is 20.0 Å². The Morgan fingerprint density at radius 1 is 1.15 bits per heavy atom. The minimum Gasteiger partial charge on any atom is -0.493 e. The van der Waals surface area contributed by atoms with E-state index in [0.29, 0.717) is 11.3 Å². The molecule has 0 aliphatic rings. The van der Waals surface area contributed by atoms with Crippen molar-refractivity contribution in [2.24, 2.45) is 0 Å². The average molecular weight is 356 g/mol. The van der Waals surface area contributed by atoms with Crippen molar-refractivity contribution < 1.29 is 28.6 Å². The van der Waals surface area contributed by atoms with Crippen LogP contribution >= 0.6 is 0 Å². The maximum Gasteiger partial charge on any atom is 0.335 e. The minimum absolute atomic E-state index is 0.0134.